The van der Waals surface area contributed by atoms with Gasteiger partial charge in [-0.1, -0.05) is 12.1 Å². The number of guanidine groups is 1. The number of aliphatic hydroxyl groups excluding tert-OH is 1. The van der Waals surface area contributed by atoms with Crippen LogP contribution in [0.1, 0.15) is 24.2 Å². The number of aliphatic hydroxyl groups is 1. The Morgan fingerprint density at radius 2 is 2.25 bits per heavy atom. The van der Waals surface area contributed by atoms with Crippen LogP contribution in [-0.2, 0) is 6.54 Å². The van der Waals surface area contributed by atoms with Gasteiger partial charge in [-0.15, -0.1) is 0 Å². The highest BCUT2D eigenvalue weighted by Gasteiger charge is 2.11. The van der Waals surface area contributed by atoms with Crippen molar-refractivity contribution in [1.82, 2.24) is 10.2 Å². The van der Waals surface area contributed by atoms with Crippen LogP contribution in [0.25, 0.3) is 0 Å². The first kappa shape index (κ1) is 18.3. The van der Waals surface area contributed by atoms with Crippen molar-refractivity contribution in [3.8, 4) is 5.75 Å². The summed E-state index contributed by atoms with van der Waals surface area (Å²) in [4.78, 5) is 6.63. The van der Waals surface area contributed by atoms with Gasteiger partial charge in [0.25, 0.3) is 0 Å². The van der Waals surface area contributed by atoms with Crippen molar-refractivity contribution in [2.75, 3.05) is 27.2 Å². The molecule has 130 valence electrons. The number of nitrogens with one attached hydrogen (secondary N) is 1. The molecule has 2 N–H and O–H groups in total. The minimum atomic E-state index is -0.664. The zero-order valence-corrected chi connectivity index (χ0v) is 15.2. The second-order valence-electron chi connectivity index (χ2n) is 5.47. The highest BCUT2D eigenvalue weighted by molar-refractivity contribution is 7.07. The first-order valence-corrected chi connectivity index (χ1v) is 8.90. The normalized spacial score (nSPS) is 12.8. The van der Waals surface area contributed by atoms with E-state index in [2.05, 4.69) is 32.0 Å². The Morgan fingerprint density at radius 3 is 2.92 bits per heavy atom. The van der Waals surface area contributed by atoms with Gasteiger partial charge in [-0.2, -0.15) is 11.3 Å². The molecule has 1 aromatic heterocycles. The summed E-state index contributed by atoms with van der Waals surface area (Å²) in [6, 6.07) is 9.55. The van der Waals surface area contributed by atoms with Crippen LogP contribution in [0, 0.1) is 0 Å². The third kappa shape index (κ3) is 5.25. The van der Waals surface area contributed by atoms with Gasteiger partial charge < -0.3 is 20.1 Å². The summed E-state index contributed by atoms with van der Waals surface area (Å²) >= 11 is 1.69. The molecule has 6 heteroatoms. The molecule has 1 aromatic carbocycles. The Labute approximate surface area is 147 Å². The lowest BCUT2D eigenvalue weighted by Crippen LogP contribution is -2.38. The second kappa shape index (κ2) is 9.30. The number of rotatable bonds is 7. The predicted molar refractivity (Wildman–Crippen MR) is 99.7 cm³/mol. The van der Waals surface area contributed by atoms with Gasteiger partial charge in [0.05, 0.1) is 19.8 Å². The fraction of sp³-hybridized carbons (Fsp3) is 0.389. The number of nitrogens with zero attached hydrogens (tertiary/aromatic N) is 2. The number of aliphatic imine (C=N–C) groups is 1. The van der Waals surface area contributed by atoms with Crippen molar-refractivity contribution in [2.45, 2.75) is 19.6 Å². The number of hydrogen-bond donors (Lipinski definition) is 2. The average molecular weight is 347 g/mol. The summed E-state index contributed by atoms with van der Waals surface area (Å²) in [7, 11) is 3.61. The van der Waals surface area contributed by atoms with Crippen LogP contribution in [0.5, 0.6) is 5.75 Å². The van der Waals surface area contributed by atoms with Crippen molar-refractivity contribution < 1.29 is 9.84 Å². The van der Waals surface area contributed by atoms with Crippen LogP contribution in [0.4, 0.5) is 0 Å². The van der Waals surface area contributed by atoms with Crippen LogP contribution in [0.2, 0.25) is 0 Å². The zero-order chi connectivity index (χ0) is 17.4. The van der Waals surface area contributed by atoms with Gasteiger partial charge in [-0.05, 0) is 47.0 Å². The molecule has 0 radical (unpaired) electrons. The maximum atomic E-state index is 10.4. The fourth-order valence-electron chi connectivity index (χ4n) is 2.33. The molecule has 0 aliphatic heterocycles. The molecule has 0 aliphatic rings. The highest BCUT2D eigenvalue weighted by atomic mass is 32.1. The molecule has 1 unspecified atom stereocenters. The molecule has 0 amide bonds. The fourth-order valence-corrected chi connectivity index (χ4v) is 2.99. The molecule has 0 bridgehead atoms. The van der Waals surface area contributed by atoms with E-state index in [0.29, 0.717) is 6.54 Å². The van der Waals surface area contributed by atoms with E-state index in [0.717, 1.165) is 30.4 Å². The summed E-state index contributed by atoms with van der Waals surface area (Å²) in [5.74, 6) is 1.52. The Hall–Kier alpha value is -2.05. The minimum Gasteiger partial charge on any atom is -0.497 e. The standard InChI is InChI=1S/C18H25N3O2S/c1-4-19-18(21(2)12-14-8-9-24-13-14)20-11-17(22)15-6-5-7-16(10-15)23-3/h5-10,13,17,22H,4,11-12H2,1-3H3,(H,19,20). The Morgan fingerprint density at radius 1 is 1.42 bits per heavy atom. The van der Waals surface area contributed by atoms with Crippen LogP contribution in [0.3, 0.4) is 0 Å². The van der Waals surface area contributed by atoms with E-state index in [4.69, 9.17) is 4.74 Å². The van der Waals surface area contributed by atoms with Crippen LogP contribution in [0.15, 0.2) is 46.1 Å². The van der Waals surface area contributed by atoms with Crippen molar-refractivity contribution in [3.05, 3.63) is 52.2 Å². The summed E-state index contributed by atoms with van der Waals surface area (Å²) in [5.41, 5.74) is 2.05. The van der Waals surface area contributed by atoms with Gasteiger partial charge in [0.15, 0.2) is 5.96 Å². The number of methoxy groups -OCH3 is 1. The zero-order valence-electron chi connectivity index (χ0n) is 14.4. The smallest absolute Gasteiger partial charge is 0.194 e. The second-order valence-corrected chi connectivity index (χ2v) is 6.25. The van der Waals surface area contributed by atoms with E-state index >= 15 is 0 Å². The maximum Gasteiger partial charge on any atom is 0.194 e. The number of benzene rings is 1. The molecule has 24 heavy (non-hydrogen) atoms. The SMILES string of the molecule is CCNC(=NCC(O)c1cccc(OC)c1)N(C)Cc1ccsc1. The molecule has 0 spiro atoms. The van der Waals surface area contributed by atoms with E-state index in [1.807, 2.05) is 38.2 Å². The van der Waals surface area contributed by atoms with Gasteiger partial charge in [-0.3, -0.25) is 4.99 Å². The van der Waals surface area contributed by atoms with E-state index in [1.54, 1.807) is 18.4 Å². The average Bonchev–Trinajstić information content (AvgIpc) is 3.11. The number of thiophene rings is 1. The minimum absolute atomic E-state index is 0.295. The molecule has 0 saturated carbocycles. The topological polar surface area (TPSA) is 57.1 Å². The van der Waals surface area contributed by atoms with Crippen LogP contribution >= 0.6 is 11.3 Å². The van der Waals surface area contributed by atoms with Crippen molar-refractivity contribution >= 4 is 17.3 Å². The van der Waals surface area contributed by atoms with Crippen LogP contribution in [-0.4, -0.2) is 43.2 Å². The number of hydrogen-bond acceptors (Lipinski definition) is 4. The predicted octanol–water partition coefficient (Wildman–Crippen LogP) is 2.89. The van der Waals surface area contributed by atoms with Crippen molar-refractivity contribution in [3.63, 3.8) is 0 Å². The Balaban J connectivity index is 2.03. The molecule has 0 saturated heterocycles. The largest absolute Gasteiger partial charge is 0.497 e. The molecule has 0 fully saturated rings. The summed E-state index contributed by atoms with van der Waals surface area (Å²) in [5, 5.41) is 17.9. The van der Waals surface area contributed by atoms with Crippen molar-refractivity contribution in [2.24, 2.45) is 4.99 Å². The molecule has 0 aliphatic carbocycles. The first-order chi connectivity index (χ1) is 11.6. The van der Waals surface area contributed by atoms with E-state index in [-0.39, 0.29) is 0 Å². The van der Waals surface area contributed by atoms with Crippen LogP contribution < -0.4 is 10.1 Å². The van der Waals surface area contributed by atoms with E-state index in [9.17, 15) is 5.11 Å². The molecule has 2 aromatic rings. The third-order valence-corrected chi connectivity index (χ3v) is 4.32. The molecule has 1 atom stereocenters. The lowest BCUT2D eigenvalue weighted by Gasteiger charge is -2.22. The van der Waals surface area contributed by atoms with Gasteiger partial charge in [0, 0.05) is 20.1 Å². The molecule has 2 rings (SSSR count). The lowest BCUT2D eigenvalue weighted by molar-refractivity contribution is 0.186. The first-order valence-electron chi connectivity index (χ1n) is 7.96. The molecular formula is C18H25N3O2S. The third-order valence-electron chi connectivity index (χ3n) is 3.59. The van der Waals surface area contributed by atoms with Gasteiger partial charge in [-0.25, -0.2) is 0 Å². The summed E-state index contributed by atoms with van der Waals surface area (Å²) in [6.45, 7) is 3.89. The molecule has 5 nitrogen and oxygen atoms in total. The highest BCUT2D eigenvalue weighted by Crippen LogP contribution is 2.19. The maximum absolute atomic E-state index is 10.4. The van der Waals surface area contributed by atoms with Gasteiger partial charge in [0.1, 0.15) is 5.75 Å². The number of ether oxygens (including phenoxy) is 1. The van der Waals surface area contributed by atoms with E-state index in [1.165, 1.54) is 5.56 Å². The van der Waals surface area contributed by atoms with E-state index < -0.39 is 6.10 Å². The monoisotopic (exact) mass is 347 g/mol. The molecular weight excluding hydrogens is 322 g/mol. The summed E-state index contributed by atoms with van der Waals surface area (Å²) < 4.78 is 5.20. The van der Waals surface area contributed by atoms with Gasteiger partial charge >= 0.3 is 0 Å². The Bertz CT molecular complexity index is 643. The summed E-state index contributed by atoms with van der Waals surface area (Å²) in [6.07, 6.45) is -0.664. The lowest BCUT2D eigenvalue weighted by atomic mass is 10.1. The quantitative estimate of drug-likeness (QED) is 0.597. The Kier molecular flexibility index (Phi) is 7.08. The molecule has 1 heterocycles. The van der Waals surface area contributed by atoms with Crippen molar-refractivity contribution in [1.29, 1.82) is 0 Å². The van der Waals surface area contributed by atoms with Gasteiger partial charge in [0.2, 0.25) is 0 Å².